The summed E-state index contributed by atoms with van der Waals surface area (Å²) in [6, 6.07) is 10.1. The molecule has 2 fully saturated rings. The number of carbonyl (C=O) groups is 1. The van der Waals surface area contributed by atoms with Crippen LogP contribution < -0.4 is 10.2 Å². The lowest BCUT2D eigenvalue weighted by Crippen LogP contribution is -2.39. The number of anilines is 2. The summed E-state index contributed by atoms with van der Waals surface area (Å²) in [5, 5.41) is 2.97. The van der Waals surface area contributed by atoms with E-state index >= 15 is 0 Å². The van der Waals surface area contributed by atoms with E-state index in [2.05, 4.69) is 25.2 Å². The second kappa shape index (κ2) is 9.10. The molecule has 2 aromatic heterocycles. The summed E-state index contributed by atoms with van der Waals surface area (Å²) in [7, 11) is 1.96. The zero-order chi connectivity index (χ0) is 21.9. The van der Waals surface area contributed by atoms with Crippen molar-refractivity contribution >= 4 is 17.4 Å². The van der Waals surface area contributed by atoms with E-state index in [1.807, 2.05) is 48.1 Å². The van der Waals surface area contributed by atoms with Crippen molar-refractivity contribution in [3.63, 3.8) is 0 Å². The summed E-state index contributed by atoms with van der Waals surface area (Å²) < 4.78 is 1.97. The molecule has 0 unspecified atom stereocenters. The molecular weight excluding hydrogens is 400 g/mol. The molecule has 5 rings (SSSR count). The average Bonchev–Trinajstić information content (AvgIpc) is 3.56. The van der Waals surface area contributed by atoms with Gasteiger partial charge in [0.2, 0.25) is 0 Å². The Kier molecular flexibility index (Phi) is 5.88. The van der Waals surface area contributed by atoms with Crippen molar-refractivity contribution in [3.8, 4) is 11.4 Å². The molecule has 166 valence electrons. The Bertz CT molecular complexity index is 1070. The number of hydrogen-bond acceptors (Lipinski definition) is 5. The van der Waals surface area contributed by atoms with Crippen LogP contribution in [0, 0.1) is 5.92 Å². The van der Waals surface area contributed by atoms with Gasteiger partial charge < -0.3 is 14.8 Å². The molecule has 1 amide bonds. The third-order valence-corrected chi connectivity index (χ3v) is 6.57. The molecule has 7 nitrogen and oxygen atoms in total. The third-order valence-electron chi connectivity index (χ3n) is 6.57. The Morgan fingerprint density at radius 1 is 1.06 bits per heavy atom. The zero-order valence-electron chi connectivity index (χ0n) is 18.6. The van der Waals surface area contributed by atoms with Crippen LogP contribution in [0.2, 0.25) is 0 Å². The molecule has 0 atom stereocenters. The van der Waals surface area contributed by atoms with Gasteiger partial charge in [-0.25, -0.2) is 15.0 Å². The van der Waals surface area contributed by atoms with Gasteiger partial charge in [0.05, 0.1) is 0 Å². The summed E-state index contributed by atoms with van der Waals surface area (Å²) in [6.45, 7) is 1.04. The number of rotatable bonds is 7. The summed E-state index contributed by atoms with van der Waals surface area (Å²) in [4.78, 5) is 28.6. The van der Waals surface area contributed by atoms with Crippen molar-refractivity contribution in [2.75, 3.05) is 16.8 Å². The minimum Gasteiger partial charge on any atom is -0.353 e. The highest BCUT2D eigenvalue weighted by Gasteiger charge is 2.30. The molecule has 0 spiro atoms. The van der Waals surface area contributed by atoms with E-state index in [0.717, 1.165) is 35.4 Å². The molecule has 0 bridgehead atoms. The van der Waals surface area contributed by atoms with Crippen molar-refractivity contribution < 1.29 is 4.79 Å². The predicted octanol–water partition coefficient (Wildman–Crippen LogP) is 4.68. The maximum absolute atomic E-state index is 12.9. The van der Waals surface area contributed by atoms with E-state index in [1.165, 1.54) is 51.3 Å². The fraction of sp³-hybridized carbons (Fsp3) is 0.440. The van der Waals surface area contributed by atoms with Crippen LogP contribution >= 0.6 is 0 Å². The van der Waals surface area contributed by atoms with Crippen LogP contribution in [0.25, 0.3) is 11.4 Å². The smallest absolute Gasteiger partial charge is 0.274 e. The molecule has 0 radical (unpaired) electrons. The first-order valence-electron chi connectivity index (χ1n) is 11.6. The molecule has 1 aromatic carbocycles. The number of imidazole rings is 1. The number of hydrogen-bond donors (Lipinski definition) is 1. The molecule has 2 heterocycles. The minimum atomic E-state index is -0.214. The molecule has 3 aromatic rings. The highest BCUT2D eigenvalue weighted by Crippen LogP contribution is 2.34. The standard InChI is InChI=1S/C25H30N6O/c1-30-14-13-26-24(30)19-9-11-20(12-10-19)29-25(32)22-15-23(28-17-27-22)31(16-18-7-8-18)21-5-3-2-4-6-21/h9-15,17-18,21H,2-8,16H2,1H3,(H,29,32). The summed E-state index contributed by atoms with van der Waals surface area (Å²) in [5.74, 6) is 2.32. The number of aryl methyl sites for hydroxylation is 1. The topological polar surface area (TPSA) is 75.9 Å². The number of benzene rings is 1. The average molecular weight is 431 g/mol. The van der Waals surface area contributed by atoms with Gasteiger partial charge in [-0.2, -0.15) is 0 Å². The summed E-state index contributed by atoms with van der Waals surface area (Å²) in [6.07, 6.45) is 14.1. The zero-order valence-corrected chi connectivity index (χ0v) is 18.6. The molecule has 2 aliphatic carbocycles. The molecule has 2 saturated carbocycles. The van der Waals surface area contributed by atoms with Gasteiger partial charge in [-0.05, 0) is 55.9 Å². The Morgan fingerprint density at radius 2 is 1.84 bits per heavy atom. The Labute approximate surface area is 188 Å². The largest absolute Gasteiger partial charge is 0.353 e. The predicted molar refractivity (Wildman–Crippen MR) is 126 cm³/mol. The lowest BCUT2D eigenvalue weighted by atomic mass is 9.94. The SMILES string of the molecule is Cn1ccnc1-c1ccc(NC(=O)c2cc(N(CC3CC3)C3CCCCC3)ncn2)cc1. The van der Waals surface area contributed by atoms with E-state index in [4.69, 9.17) is 0 Å². The fourth-order valence-electron chi connectivity index (χ4n) is 4.57. The van der Waals surface area contributed by atoms with Crippen LogP contribution in [-0.2, 0) is 7.05 Å². The van der Waals surface area contributed by atoms with Crippen LogP contribution in [0.5, 0.6) is 0 Å². The minimum absolute atomic E-state index is 0.214. The second-order valence-corrected chi connectivity index (χ2v) is 9.04. The van der Waals surface area contributed by atoms with Gasteiger partial charge in [-0.1, -0.05) is 19.3 Å². The lowest BCUT2D eigenvalue weighted by Gasteiger charge is -2.35. The van der Waals surface area contributed by atoms with Crippen molar-refractivity contribution in [2.24, 2.45) is 13.0 Å². The molecule has 0 saturated heterocycles. The van der Waals surface area contributed by atoms with Crippen LogP contribution in [0.15, 0.2) is 49.1 Å². The van der Waals surface area contributed by atoms with Gasteiger partial charge in [0.25, 0.3) is 5.91 Å². The first-order chi connectivity index (χ1) is 15.7. The van der Waals surface area contributed by atoms with E-state index < -0.39 is 0 Å². The lowest BCUT2D eigenvalue weighted by molar-refractivity contribution is 0.102. The number of nitrogens with one attached hydrogen (secondary N) is 1. The fourth-order valence-corrected chi connectivity index (χ4v) is 4.57. The quantitative estimate of drug-likeness (QED) is 0.589. The highest BCUT2D eigenvalue weighted by atomic mass is 16.1. The summed E-state index contributed by atoms with van der Waals surface area (Å²) in [5.41, 5.74) is 2.14. The monoisotopic (exact) mass is 430 g/mol. The highest BCUT2D eigenvalue weighted by molar-refractivity contribution is 6.03. The second-order valence-electron chi connectivity index (χ2n) is 9.04. The van der Waals surface area contributed by atoms with E-state index in [1.54, 1.807) is 6.20 Å². The van der Waals surface area contributed by atoms with Gasteiger partial charge >= 0.3 is 0 Å². The number of carbonyl (C=O) groups excluding carboxylic acids is 1. The van der Waals surface area contributed by atoms with Crippen molar-refractivity contribution in [2.45, 2.75) is 51.0 Å². The van der Waals surface area contributed by atoms with E-state index in [0.29, 0.717) is 11.7 Å². The molecule has 2 aliphatic rings. The van der Waals surface area contributed by atoms with Crippen LogP contribution in [-0.4, -0.2) is 38.0 Å². The van der Waals surface area contributed by atoms with Gasteiger partial charge in [0.15, 0.2) is 0 Å². The Balaban J connectivity index is 1.30. The number of amides is 1. The first kappa shape index (κ1) is 20.7. The maximum Gasteiger partial charge on any atom is 0.274 e. The van der Waals surface area contributed by atoms with Gasteiger partial charge in [0, 0.05) is 49.3 Å². The van der Waals surface area contributed by atoms with E-state index in [9.17, 15) is 4.79 Å². The van der Waals surface area contributed by atoms with Crippen molar-refractivity contribution in [1.29, 1.82) is 0 Å². The third kappa shape index (κ3) is 4.66. The number of nitrogens with zero attached hydrogens (tertiary/aromatic N) is 5. The molecule has 32 heavy (non-hydrogen) atoms. The Morgan fingerprint density at radius 3 is 2.53 bits per heavy atom. The molecular formula is C25H30N6O. The van der Waals surface area contributed by atoms with Crippen LogP contribution in [0.3, 0.4) is 0 Å². The molecule has 7 heteroatoms. The van der Waals surface area contributed by atoms with Crippen LogP contribution in [0.1, 0.15) is 55.4 Å². The van der Waals surface area contributed by atoms with Gasteiger partial charge in [-0.15, -0.1) is 0 Å². The first-order valence-corrected chi connectivity index (χ1v) is 11.6. The maximum atomic E-state index is 12.9. The molecule has 0 aliphatic heterocycles. The van der Waals surface area contributed by atoms with Crippen LogP contribution in [0.4, 0.5) is 11.5 Å². The van der Waals surface area contributed by atoms with Crippen molar-refractivity contribution in [3.05, 3.63) is 54.7 Å². The normalized spacial score (nSPS) is 16.7. The van der Waals surface area contributed by atoms with Gasteiger partial charge in [-0.3, -0.25) is 4.79 Å². The van der Waals surface area contributed by atoms with Gasteiger partial charge in [0.1, 0.15) is 23.7 Å². The van der Waals surface area contributed by atoms with E-state index in [-0.39, 0.29) is 5.91 Å². The van der Waals surface area contributed by atoms with Crippen molar-refractivity contribution in [1.82, 2.24) is 19.5 Å². The molecule has 1 N–H and O–H groups in total. The number of aromatic nitrogens is 4. The summed E-state index contributed by atoms with van der Waals surface area (Å²) >= 11 is 0. The Hall–Kier alpha value is -3.22.